The molecule has 0 bridgehead atoms. The summed E-state index contributed by atoms with van der Waals surface area (Å²) in [4.78, 5) is 2.00. The summed E-state index contributed by atoms with van der Waals surface area (Å²) in [5.74, 6) is 0.621. The van der Waals surface area contributed by atoms with Crippen LogP contribution in [0.15, 0.2) is 41.3 Å². The lowest BCUT2D eigenvalue weighted by Crippen LogP contribution is -2.48. The topological polar surface area (TPSA) is 49.9 Å². The van der Waals surface area contributed by atoms with E-state index in [2.05, 4.69) is 0 Å². The predicted molar refractivity (Wildman–Crippen MR) is 105 cm³/mol. The number of anilines is 1. The molecule has 0 aliphatic carbocycles. The van der Waals surface area contributed by atoms with Gasteiger partial charge in [0.05, 0.1) is 17.6 Å². The molecule has 29 heavy (non-hydrogen) atoms. The molecule has 0 N–H and O–H groups in total. The maximum atomic E-state index is 13.1. The normalized spacial score (nSPS) is 16.1. The number of ether oxygens (including phenoxy) is 1. The fourth-order valence-corrected chi connectivity index (χ4v) is 5.18. The van der Waals surface area contributed by atoms with E-state index in [0.717, 1.165) is 17.7 Å². The fraction of sp³-hybridized carbons (Fsp3) is 0.400. The van der Waals surface area contributed by atoms with E-state index >= 15 is 0 Å². The molecule has 1 heterocycles. The summed E-state index contributed by atoms with van der Waals surface area (Å²) in [6, 6.07) is 8.39. The van der Waals surface area contributed by atoms with Crippen LogP contribution in [-0.2, 0) is 16.2 Å². The van der Waals surface area contributed by atoms with Crippen LogP contribution in [0, 0.1) is 13.8 Å². The highest BCUT2D eigenvalue weighted by molar-refractivity contribution is 7.89. The molecule has 0 unspecified atom stereocenters. The minimum absolute atomic E-state index is 0.198. The van der Waals surface area contributed by atoms with E-state index in [4.69, 9.17) is 4.74 Å². The van der Waals surface area contributed by atoms with Crippen molar-refractivity contribution in [3.63, 3.8) is 0 Å². The Morgan fingerprint density at radius 2 is 1.62 bits per heavy atom. The van der Waals surface area contributed by atoms with Crippen molar-refractivity contribution >= 4 is 15.7 Å². The molecule has 9 heteroatoms. The van der Waals surface area contributed by atoms with Gasteiger partial charge in [0.1, 0.15) is 5.75 Å². The lowest BCUT2D eigenvalue weighted by Gasteiger charge is -2.36. The zero-order valence-corrected chi connectivity index (χ0v) is 17.3. The molecule has 1 aliphatic rings. The van der Waals surface area contributed by atoms with Gasteiger partial charge in [0.2, 0.25) is 10.0 Å². The molecule has 0 spiro atoms. The van der Waals surface area contributed by atoms with E-state index in [1.807, 2.05) is 0 Å². The molecule has 1 aliphatic heterocycles. The highest BCUT2D eigenvalue weighted by Gasteiger charge is 2.33. The number of sulfonamides is 1. The van der Waals surface area contributed by atoms with E-state index in [9.17, 15) is 21.6 Å². The van der Waals surface area contributed by atoms with Gasteiger partial charge in [-0.05, 0) is 55.3 Å². The van der Waals surface area contributed by atoms with Crippen LogP contribution in [-0.4, -0.2) is 46.0 Å². The summed E-state index contributed by atoms with van der Waals surface area (Å²) >= 11 is 0. The highest BCUT2D eigenvalue weighted by Crippen LogP contribution is 2.32. The first kappa shape index (κ1) is 21.4. The van der Waals surface area contributed by atoms with Crippen molar-refractivity contribution in [3.05, 3.63) is 53.1 Å². The van der Waals surface area contributed by atoms with E-state index in [-0.39, 0.29) is 18.0 Å². The van der Waals surface area contributed by atoms with Crippen LogP contribution >= 0.6 is 0 Å². The van der Waals surface area contributed by atoms with Gasteiger partial charge in [-0.2, -0.15) is 17.5 Å². The lowest BCUT2D eigenvalue weighted by molar-refractivity contribution is -0.137. The number of piperazine rings is 1. The number of benzene rings is 2. The Labute approximate surface area is 168 Å². The number of alkyl halides is 3. The zero-order valence-electron chi connectivity index (χ0n) is 16.5. The molecule has 0 radical (unpaired) electrons. The second-order valence-corrected chi connectivity index (χ2v) is 8.93. The van der Waals surface area contributed by atoms with Gasteiger partial charge in [0.25, 0.3) is 0 Å². The number of rotatable bonds is 4. The van der Waals surface area contributed by atoms with Crippen LogP contribution in [0.5, 0.6) is 5.75 Å². The quantitative estimate of drug-likeness (QED) is 0.743. The standard InChI is InChI=1S/C20H23F3N2O3S/c1-14-12-19(15(2)11-18(14)28-3)29(26,27)25-9-7-24(8-10-25)17-6-4-5-16(13-17)20(21,22)23/h4-6,11-13H,7-10H2,1-3H3. The number of methoxy groups -OCH3 is 1. The molecular weight excluding hydrogens is 405 g/mol. The van der Waals surface area contributed by atoms with Crippen molar-refractivity contribution in [1.29, 1.82) is 0 Å². The fourth-order valence-electron chi connectivity index (χ4n) is 3.47. The Balaban J connectivity index is 1.78. The number of halogens is 3. The molecule has 0 saturated carbocycles. The Hall–Kier alpha value is -2.26. The average molecular weight is 428 g/mol. The number of hydrogen-bond acceptors (Lipinski definition) is 4. The summed E-state index contributed by atoms with van der Waals surface area (Å²) in [6.07, 6.45) is -4.41. The first-order valence-corrected chi connectivity index (χ1v) is 10.6. The Kier molecular flexibility index (Phi) is 5.82. The van der Waals surface area contributed by atoms with Gasteiger partial charge in [-0.25, -0.2) is 8.42 Å². The van der Waals surface area contributed by atoms with Crippen LogP contribution < -0.4 is 9.64 Å². The van der Waals surface area contributed by atoms with Gasteiger partial charge >= 0.3 is 6.18 Å². The molecule has 0 aromatic heterocycles. The maximum Gasteiger partial charge on any atom is 0.416 e. The van der Waals surface area contributed by atoms with Gasteiger partial charge in [-0.3, -0.25) is 0 Å². The van der Waals surface area contributed by atoms with E-state index < -0.39 is 21.8 Å². The van der Waals surface area contributed by atoms with E-state index in [0.29, 0.717) is 30.1 Å². The summed E-state index contributed by atoms with van der Waals surface area (Å²) in [7, 11) is -2.18. The first-order valence-electron chi connectivity index (χ1n) is 9.11. The number of nitrogens with zero attached hydrogens (tertiary/aromatic N) is 2. The largest absolute Gasteiger partial charge is 0.496 e. The summed E-state index contributed by atoms with van der Waals surface area (Å²) in [5.41, 5.74) is 1.04. The third-order valence-electron chi connectivity index (χ3n) is 5.09. The smallest absolute Gasteiger partial charge is 0.416 e. The predicted octanol–water partition coefficient (Wildman–Crippen LogP) is 3.84. The van der Waals surface area contributed by atoms with Gasteiger partial charge in [0, 0.05) is 31.9 Å². The van der Waals surface area contributed by atoms with Crippen molar-refractivity contribution in [3.8, 4) is 5.75 Å². The molecule has 1 fully saturated rings. The molecule has 2 aromatic rings. The molecule has 0 atom stereocenters. The van der Waals surface area contributed by atoms with Crippen molar-refractivity contribution in [2.75, 3.05) is 38.2 Å². The zero-order chi connectivity index (χ0) is 21.4. The molecule has 1 saturated heterocycles. The molecular formula is C20H23F3N2O3S. The van der Waals surface area contributed by atoms with Crippen molar-refractivity contribution in [1.82, 2.24) is 4.31 Å². The van der Waals surface area contributed by atoms with E-state index in [1.165, 1.54) is 17.5 Å². The van der Waals surface area contributed by atoms with Crippen LogP contribution in [0.2, 0.25) is 0 Å². The van der Waals surface area contributed by atoms with Crippen molar-refractivity contribution in [2.45, 2.75) is 24.9 Å². The second-order valence-electron chi connectivity index (χ2n) is 7.03. The average Bonchev–Trinajstić information content (AvgIpc) is 2.69. The summed E-state index contributed by atoms with van der Waals surface area (Å²) < 4.78 is 71.7. The van der Waals surface area contributed by atoms with Gasteiger partial charge in [-0.15, -0.1) is 0 Å². The van der Waals surface area contributed by atoms with Crippen LogP contribution in [0.3, 0.4) is 0 Å². The molecule has 2 aromatic carbocycles. The SMILES string of the molecule is COc1cc(C)c(S(=O)(=O)N2CCN(c3cccc(C(F)(F)F)c3)CC2)cc1C. The monoisotopic (exact) mass is 428 g/mol. The number of hydrogen-bond donors (Lipinski definition) is 0. The number of aryl methyl sites for hydroxylation is 2. The minimum Gasteiger partial charge on any atom is -0.496 e. The molecule has 0 amide bonds. The molecule has 5 nitrogen and oxygen atoms in total. The van der Waals surface area contributed by atoms with E-state index in [1.54, 1.807) is 36.9 Å². The lowest BCUT2D eigenvalue weighted by atomic mass is 10.1. The van der Waals surface area contributed by atoms with Gasteiger partial charge in [-0.1, -0.05) is 6.07 Å². The Morgan fingerprint density at radius 3 is 2.21 bits per heavy atom. The first-order chi connectivity index (χ1) is 13.5. The molecule has 158 valence electrons. The maximum absolute atomic E-state index is 13.1. The van der Waals surface area contributed by atoms with Gasteiger partial charge in [0.15, 0.2) is 0 Å². The third-order valence-corrected chi connectivity index (χ3v) is 7.13. The van der Waals surface area contributed by atoms with Gasteiger partial charge < -0.3 is 9.64 Å². The van der Waals surface area contributed by atoms with Crippen LogP contribution in [0.25, 0.3) is 0 Å². The Bertz CT molecular complexity index is 999. The third kappa shape index (κ3) is 4.35. The van der Waals surface area contributed by atoms with Crippen molar-refractivity contribution < 1.29 is 26.3 Å². The summed E-state index contributed by atoms with van der Waals surface area (Å²) in [5, 5.41) is 0. The summed E-state index contributed by atoms with van der Waals surface area (Å²) in [6.45, 7) is 4.52. The highest BCUT2D eigenvalue weighted by atomic mass is 32.2. The molecule has 3 rings (SSSR count). The minimum atomic E-state index is -4.41. The van der Waals surface area contributed by atoms with Crippen LogP contribution in [0.1, 0.15) is 16.7 Å². The van der Waals surface area contributed by atoms with Crippen LogP contribution in [0.4, 0.5) is 18.9 Å². The second kappa shape index (κ2) is 7.87. The van der Waals surface area contributed by atoms with Crippen molar-refractivity contribution in [2.24, 2.45) is 0 Å². The Morgan fingerprint density at radius 1 is 0.966 bits per heavy atom.